The third-order valence-corrected chi connectivity index (χ3v) is 4.52. The third-order valence-electron chi connectivity index (χ3n) is 4.52. The molecule has 0 saturated carbocycles. The maximum atomic E-state index is 12.4. The molecule has 0 fully saturated rings. The number of ether oxygens (including phenoxy) is 1. The van der Waals surface area contributed by atoms with Gasteiger partial charge >= 0.3 is 5.97 Å². The van der Waals surface area contributed by atoms with Crippen LogP contribution in [-0.2, 0) is 4.79 Å². The number of nitriles is 1. The highest BCUT2D eigenvalue weighted by Crippen LogP contribution is 2.54. The van der Waals surface area contributed by atoms with Gasteiger partial charge in [0.1, 0.15) is 11.5 Å². The van der Waals surface area contributed by atoms with Gasteiger partial charge in [0.05, 0.1) is 6.07 Å². The quantitative estimate of drug-likeness (QED) is 0.446. The van der Waals surface area contributed by atoms with Gasteiger partial charge in [0.2, 0.25) is 0 Å². The number of rotatable bonds is 0. The first-order chi connectivity index (χ1) is 9.48. The second kappa shape index (κ2) is 4.11. The van der Waals surface area contributed by atoms with E-state index in [-0.39, 0.29) is 11.7 Å². The average molecular weight is 269 g/mol. The molecule has 20 heavy (non-hydrogen) atoms. The van der Waals surface area contributed by atoms with Gasteiger partial charge in [-0.05, 0) is 32.8 Å². The summed E-state index contributed by atoms with van der Waals surface area (Å²) < 4.78 is 5.32. The molecule has 0 spiro atoms. The molecule has 0 amide bonds. The number of hydrogen-bond donors (Lipinski definition) is 1. The zero-order valence-electron chi connectivity index (χ0n) is 11.4. The molecule has 2 atom stereocenters. The molecule has 1 aliphatic carbocycles. The third kappa shape index (κ3) is 1.56. The summed E-state index contributed by atoms with van der Waals surface area (Å²) in [4.78, 5) is 12.4. The topological polar surface area (TPSA) is 70.3 Å². The predicted molar refractivity (Wildman–Crippen MR) is 72.1 cm³/mol. The Balaban J connectivity index is 2.22. The largest absolute Gasteiger partial charge is 0.508 e. The van der Waals surface area contributed by atoms with Crippen LogP contribution in [0.4, 0.5) is 0 Å². The fraction of sp³-hybridized carbons (Fsp3) is 0.375. The highest BCUT2D eigenvalue weighted by Gasteiger charge is 2.54. The van der Waals surface area contributed by atoms with Crippen LogP contribution in [-0.4, -0.2) is 11.1 Å². The van der Waals surface area contributed by atoms with Crippen LogP contribution in [0, 0.1) is 16.7 Å². The van der Waals surface area contributed by atoms with E-state index in [2.05, 4.69) is 6.07 Å². The molecule has 0 aromatic heterocycles. The zero-order chi connectivity index (χ0) is 14.5. The van der Waals surface area contributed by atoms with E-state index < -0.39 is 11.4 Å². The van der Waals surface area contributed by atoms with Crippen LogP contribution >= 0.6 is 0 Å². The number of carbonyl (C=O) groups is 1. The van der Waals surface area contributed by atoms with E-state index in [9.17, 15) is 15.2 Å². The summed E-state index contributed by atoms with van der Waals surface area (Å²) in [6.45, 7) is 4.00. The Kier molecular flexibility index (Phi) is 2.62. The van der Waals surface area contributed by atoms with Crippen molar-refractivity contribution in [3.63, 3.8) is 0 Å². The van der Waals surface area contributed by atoms with Gasteiger partial charge in [0.25, 0.3) is 0 Å². The van der Waals surface area contributed by atoms with E-state index in [4.69, 9.17) is 4.74 Å². The van der Waals surface area contributed by atoms with Gasteiger partial charge in [-0.2, -0.15) is 5.26 Å². The number of phenolic OH excluding ortho intramolecular Hbond substituents is 1. The standard InChI is InChI=1S/C16H15NO3/c1-9-5-13-12-4-3-11(18)6-14(12)20-15(19)16(13,8-17)7-10(9)2/h3-4,6,13,18H,5,7H2,1-2H3/t13-,16+/m0/s1. The lowest BCUT2D eigenvalue weighted by Gasteiger charge is -2.41. The molecular weight excluding hydrogens is 254 g/mol. The average Bonchev–Trinajstić information content (AvgIpc) is 2.41. The van der Waals surface area contributed by atoms with Crippen LogP contribution in [0.3, 0.4) is 0 Å². The molecule has 0 bridgehead atoms. The molecule has 4 heteroatoms. The van der Waals surface area contributed by atoms with Crippen LogP contribution in [0.25, 0.3) is 0 Å². The van der Waals surface area contributed by atoms with Crippen molar-refractivity contribution in [3.8, 4) is 17.6 Å². The van der Waals surface area contributed by atoms with Crippen LogP contribution in [0.5, 0.6) is 11.5 Å². The Labute approximate surface area is 117 Å². The van der Waals surface area contributed by atoms with Crippen molar-refractivity contribution in [3.05, 3.63) is 34.9 Å². The Bertz CT molecular complexity index is 683. The lowest BCUT2D eigenvalue weighted by molar-refractivity contribution is -0.146. The smallest absolute Gasteiger partial charge is 0.332 e. The summed E-state index contributed by atoms with van der Waals surface area (Å²) in [7, 11) is 0. The second-order valence-electron chi connectivity index (χ2n) is 5.69. The van der Waals surface area contributed by atoms with Crippen LogP contribution in [0.1, 0.15) is 38.2 Å². The first-order valence-electron chi connectivity index (χ1n) is 6.59. The molecule has 3 rings (SSSR count). The Morgan fingerprint density at radius 3 is 2.85 bits per heavy atom. The first-order valence-corrected chi connectivity index (χ1v) is 6.59. The van der Waals surface area contributed by atoms with E-state index in [1.54, 1.807) is 12.1 Å². The summed E-state index contributed by atoms with van der Waals surface area (Å²) in [6, 6.07) is 6.97. The van der Waals surface area contributed by atoms with Crippen molar-refractivity contribution in [1.29, 1.82) is 5.26 Å². The maximum absolute atomic E-state index is 12.4. The van der Waals surface area contributed by atoms with Crippen molar-refractivity contribution in [2.24, 2.45) is 5.41 Å². The van der Waals surface area contributed by atoms with Gasteiger partial charge in [0, 0.05) is 17.5 Å². The molecule has 4 nitrogen and oxygen atoms in total. The van der Waals surface area contributed by atoms with E-state index in [1.165, 1.54) is 11.6 Å². The number of fused-ring (bicyclic) bond motifs is 3. The number of allylic oxidation sites excluding steroid dienone is 2. The Morgan fingerprint density at radius 2 is 2.15 bits per heavy atom. The van der Waals surface area contributed by atoms with E-state index in [0.717, 1.165) is 11.1 Å². The SMILES string of the molecule is CC1=C(C)C[C@]2(C#N)C(=O)Oc3cc(O)ccc3[C@@H]2C1. The van der Waals surface area contributed by atoms with Gasteiger partial charge in [-0.25, -0.2) is 4.79 Å². The lowest BCUT2D eigenvalue weighted by Crippen LogP contribution is -2.44. The summed E-state index contributed by atoms with van der Waals surface area (Å²) in [5.41, 5.74) is 2.00. The van der Waals surface area contributed by atoms with Crippen LogP contribution < -0.4 is 4.74 Å². The van der Waals surface area contributed by atoms with Gasteiger partial charge in [-0.15, -0.1) is 0 Å². The molecular formula is C16H15NO3. The maximum Gasteiger partial charge on any atom is 0.332 e. The Morgan fingerprint density at radius 1 is 1.40 bits per heavy atom. The number of benzene rings is 1. The number of nitrogens with zero attached hydrogens (tertiary/aromatic N) is 1. The minimum absolute atomic E-state index is 0.0558. The molecule has 0 unspecified atom stereocenters. The number of carbonyl (C=O) groups excluding carboxylic acids is 1. The van der Waals surface area contributed by atoms with Crippen molar-refractivity contribution in [2.45, 2.75) is 32.6 Å². The zero-order valence-corrected chi connectivity index (χ0v) is 11.4. The van der Waals surface area contributed by atoms with E-state index in [0.29, 0.717) is 18.6 Å². The van der Waals surface area contributed by atoms with Gasteiger partial charge in [-0.3, -0.25) is 0 Å². The number of phenols is 1. The van der Waals surface area contributed by atoms with Crippen molar-refractivity contribution < 1.29 is 14.6 Å². The van der Waals surface area contributed by atoms with Gasteiger partial charge < -0.3 is 9.84 Å². The Hall–Kier alpha value is -2.28. The van der Waals surface area contributed by atoms with Gasteiger partial charge in [-0.1, -0.05) is 17.2 Å². The minimum Gasteiger partial charge on any atom is -0.508 e. The highest BCUT2D eigenvalue weighted by molar-refractivity contribution is 5.87. The monoisotopic (exact) mass is 269 g/mol. The van der Waals surface area contributed by atoms with Crippen LogP contribution in [0.15, 0.2) is 29.3 Å². The van der Waals surface area contributed by atoms with Crippen molar-refractivity contribution >= 4 is 5.97 Å². The minimum atomic E-state index is -1.13. The summed E-state index contributed by atoms with van der Waals surface area (Å²) >= 11 is 0. The second-order valence-corrected chi connectivity index (χ2v) is 5.69. The lowest BCUT2D eigenvalue weighted by atomic mass is 9.62. The molecule has 1 aliphatic heterocycles. The molecule has 1 heterocycles. The number of hydrogen-bond acceptors (Lipinski definition) is 4. The molecule has 2 aliphatic rings. The molecule has 102 valence electrons. The molecule has 0 saturated heterocycles. The van der Waals surface area contributed by atoms with Crippen molar-refractivity contribution in [2.75, 3.05) is 0 Å². The van der Waals surface area contributed by atoms with E-state index >= 15 is 0 Å². The molecule has 1 aromatic carbocycles. The first kappa shape index (κ1) is 12.7. The highest BCUT2D eigenvalue weighted by atomic mass is 16.5. The molecule has 0 radical (unpaired) electrons. The number of esters is 1. The van der Waals surface area contributed by atoms with Crippen LogP contribution in [0.2, 0.25) is 0 Å². The fourth-order valence-corrected chi connectivity index (χ4v) is 3.19. The number of aromatic hydroxyl groups is 1. The fourth-order valence-electron chi connectivity index (χ4n) is 3.19. The normalized spacial score (nSPS) is 28.2. The molecule has 1 aromatic rings. The molecule has 1 N–H and O–H groups in total. The predicted octanol–water partition coefficient (Wildman–Crippen LogP) is 3.03. The van der Waals surface area contributed by atoms with E-state index in [1.807, 2.05) is 13.8 Å². The summed E-state index contributed by atoms with van der Waals surface area (Å²) in [6.07, 6.45) is 1.09. The van der Waals surface area contributed by atoms with Crippen molar-refractivity contribution in [1.82, 2.24) is 0 Å². The summed E-state index contributed by atoms with van der Waals surface area (Å²) in [5.74, 6) is -0.276. The summed E-state index contributed by atoms with van der Waals surface area (Å²) in [5, 5.41) is 19.1. The van der Waals surface area contributed by atoms with Gasteiger partial charge in [0.15, 0.2) is 5.41 Å².